The average molecular weight is 318 g/mol. The SMILES string of the molecule is CCCCN(Cc1ccccc1)C[C@@H](O)c1ccc(Cl)cc1. The summed E-state index contributed by atoms with van der Waals surface area (Å²) < 4.78 is 0. The number of aliphatic hydroxyl groups is 1. The number of halogens is 1. The van der Waals surface area contributed by atoms with E-state index in [4.69, 9.17) is 11.6 Å². The quantitative estimate of drug-likeness (QED) is 0.764. The smallest absolute Gasteiger partial charge is 0.0917 e. The highest BCUT2D eigenvalue weighted by Gasteiger charge is 2.13. The average Bonchev–Trinajstić information content (AvgIpc) is 2.54. The van der Waals surface area contributed by atoms with E-state index in [1.165, 1.54) is 5.56 Å². The van der Waals surface area contributed by atoms with Gasteiger partial charge in [0.05, 0.1) is 6.10 Å². The van der Waals surface area contributed by atoms with Gasteiger partial charge in [0.15, 0.2) is 0 Å². The molecule has 0 saturated heterocycles. The molecule has 22 heavy (non-hydrogen) atoms. The third-order valence-corrected chi connectivity index (χ3v) is 4.01. The van der Waals surface area contributed by atoms with Gasteiger partial charge in [-0.25, -0.2) is 0 Å². The Kier molecular flexibility index (Phi) is 6.91. The minimum Gasteiger partial charge on any atom is -0.387 e. The second-order valence-corrected chi connectivity index (χ2v) is 6.08. The van der Waals surface area contributed by atoms with Gasteiger partial charge in [0.25, 0.3) is 0 Å². The van der Waals surface area contributed by atoms with Gasteiger partial charge in [-0.2, -0.15) is 0 Å². The molecule has 3 heteroatoms. The number of benzene rings is 2. The number of unbranched alkanes of at least 4 members (excludes halogenated alkanes) is 1. The summed E-state index contributed by atoms with van der Waals surface area (Å²) in [4.78, 5) is 2.32. The Morgan fingerprint density at radius 2 is 1.73 bits per heavy atom. The number of hydrogen-bond donors (Lipinski definition) is 1. The van der Waals surface area contributed by atoms with Crippen molar-refractivity contribution in [3.8, 4) is 0 Å². The Balaban J connectivity index is 2.00. The van der Waals surface area contributed by atoms with Crippen LogP contribution >= 0.6 is 11.6 Å². The van der Waals surface area contributed by atoms with Crippen LogP contribution in [0.3, 0.4) is 0 Å². The van der Waals surface area contributed by atoms with E-state index < -0.39 is 6.10 Å². The van der Waals surface area contributed by atoms with E-state index in [2.05, 4.69) is 36.1 Å². The minimum absolute atomic E-state index is 0.488. The van der Waals surface area contributed by atoms with Crippen molar-refractivity contribution in [3.63, 3.8) is 0 Å². The summed E-state index contributed by atoms with van der Waals surface area (Å²) in [5.74, 6) is 0. The molecule has 0 radical (unpaired) electrons. The van der Waals surface area contributed by atoms with E-state index in [0.717, 1.165) is 31.5 Å². The van der Waals surface area contributed by atoms with Gasteiger partial charge in [-0.1, -0.05) is 67.4 Å². The van der Waals surface area contributed by atoms with Crippen LogP contribution in [-0.2, 0) is 6.54 Å². The van der Waals surface area contributed by atoms with Crippen LogP contribution < -0.4 is 0 Å². The lowest BCUT2D eigenvalue weighted by Crippen LogP contribution is -2.29. The van der Waals surface area contributed by atoms with Crippen molar-refractivity contribution in [3.05, 3.63) is 70.7 Å². The molecule has 1 N–H and O–H groups in total. The monoisotopic (exact) mass is 317 g/mol. The van der Waals surface area contributed by atoms with E-state index in [0.29, 0.717) is 11.6 Å². The Morgan fingerprint density at radius 1 is 1.05 bits per heavy atom. The normalized spacial score (nSPS) is 12.5. The molecule has 0 aliphatic rings. The van der Waals surface area contributed by atoms with Gasteiger partial charge < -0.3 is 5.11 Å². The van der Waals surface area contributed by atoms with E-state index >= 15 is 0 Å². The molecule has 0 fully saturated rings. The second-order valence-electron chi connectivity index (χ2n) is 5.64. The molecule has 0 spiro atoms. The molecule has 2 rings (SSSR count). The van der Waals surface area contributed by atoms with Crippen molar-refractivity contribution in [2.75, 3.05) is 13.1 Å². The summed E-state index contributed by atoms with van der Waals surface area (Å²) in [5, 5.41) is 11.2. The molecule has 1 atom stereocenters. The van der Waals surface area contributed by atoms with Gasteiger partial charge in [-0.05, 0) is 36.2 Å². The van der Waals surface area contributed by atoms with Crippen LogP contribution in [0.4, 0.5) is 0 Å². The van der Waals surface area contributed by atoms with E-state index in [-0.39, 0.29) is 0 Å². The molecule has 0 unspecified atom stereocenters. The number of rotatable bonds is 8. The van der Waals surface area contributed by atoms with E-state index in [9.17, 15) is 5.11 Å². The molecule has 2 aromatic carbocycles. The Bertz CT molecular complexity index is 541. The van der Waals surface area contributed by atoms with Gasteiger partial charge in [-0.15, -0.1) is 0 Å². The van der Waals surface area contributed by atoms with Crippen LogP contribution in [-0.4, -0.2) is 23.1 Å². The van der Waals surface area contributed by atoms with E-state index in [1.54, 1.807) is 0 Å². The highest BCUT2D eigenvalue weighted by molar-refractivity contribution is 6.30. The summed E-state index contributed by atoms with van der Waals surface area (Å²) in [6.07, 6.45) is 1.81. The first-order chi connectivity index (χ1) is 10.7. The second kappa shape index (κ2) is 8.94. The highest BCUT2D eigenvalue weighted by atomic mass is 35.5. The van der Waals surface area contributed by atoms with Gasteiger partial charge in [-0.3, -0.25) is 4.90 Å². The highest BCUT2D eigenvalue weighted by Crippen LogP contribution is 2.18. The van der Waals surface area contributed by atoms with Crippen LogP contribution in [0.1, 0.15) is 37.0 Å². The standard InChI is InChI=1S/C19H24ClNO/c1-2-3-13-21(14-16-7-5-4-6-8-16)15-19(22)17-9-11-18(20)12-10-17/h4-12,19,22H,2-3,13-15H2,1H3/t19-/m1/s1. The molecule has 2 nitrogen and oxygen atoms in total. The molecule has 0 bridgehead atoms. The molecule has 0 amide bonds. The predicted molar refractivity (Wildman–Crippen MR) is 93.0 cm³/mol. The largest absolute Gasteiger partial charge is 0.387 e. The first-order valence-electron chi connectivity index (χ1n) is 7.89. The van der Waals surface area contributed by atoms with Crippen LogP contribution in [0, 0.1) is 0 Å². The predicted octanol–water partition coefficient (Wildman–Crippen LogP) is 4.68. The third kappa shape index (κ3) is 5.45. The topological polar surface area (TPSA) is 23.5 Å². The Morgan fingerprint density at radius 3 is 2.36 bits per heavy atom. The molecule has 0 aliphatic carbocycles. The maximum atomic E-state index is 10.5. The van der Waals surface area contributed by atoms with Gasteiger partial charge in [0, 0.05) is 18.1 Å². The van der Waals surface area contributed by atoms with Crippen LogP contribution in [0.5, 0.6) is 0 Å². The zero-order valence-electron chi connectivity index (χ0n) is 13.1. The molecular weight excluding hydrogens is 294 g/mol. The Hall–Kier alpha value is -1.35. The summed E-state index contributed by atoms with van der Waals surface area (Å²) >= 11 is 5.91. The summed E-state index contributed by atoms with van der Waals surface area (Å²) in [7, 11) is 0. The fourth-order valence-electron chi connectivity index (χ4n) is 2.49. The van der Waals surface area contributed by atoms with Crippen molar-refractivity contribution in [1.82, 2.24) is 4.90 Å². The zero-order chi connectivity index (χ0) is 15.8. The van der Waals surface area contributed by atoms with Crippen molar-refractivity contribution >= 4 is 11.6 Å². The van der Waals surface area contributed by atoms with Crippen LogP contribution in [0.15, 0.2) is 54.6 Å². The zero-order valence-corrected chi connectivity index (χ0v) is 13.8. The molecule has 2 aromatic rings. The van der Waals surface area contributed by atoms with Crippen molar-refractivity contribution in [1.29, 1.82) is 0 Å². The molecule has 0 saturated carbocycles. The van der Waals surface area contributed by atoms with Gasteiger partial charge >= 0.3 is 0 Å². The molecule has 0 aliphatic heterocycles. The first kappa shape index (κ1) is 17.0. The summed E-state index contributed by atoms with van der Waals surface area (Å²) in [5.41, 5.74) is 2.20. The summed E-state index contributed by atoms with van der Waals surface area (Å²) in [6, 6.07) is 17.9. The lowest BCUT2D eigenvalue weighted by molar-refractivity contribution is 0.108. The van der Waals surface area contributed by atoms with Gasteiger partial charge in [0.2, 0.25) is 0 Å². The lowest BCUT2D eigenvalue weighted by Gasteiger charge is -2.25. The number of nitrogens with zero attached hydrogens (tertiary/aromatic N) is 1. The molecule has 0 heterocycles. The number of hydrogen-bond acceptors (Lipinski definition) is 2. The van der Waals surface area contributed by atoms with Crippen molar-refractivity contribution in [2.24, 2.45) is 0 Å². The minimum atomic E-state index is -0.488. The van der Waals surface area contributed by atoms with Crippen molar-refractivity contribution in [2.45, 2.75) is 32.4 Å². The van der Waals surface area contributed by atoms with Crippen molar-refractivity contribution < 1.29 is 5.11 Å². The molecule has 0 aromatic heterocycles. The Labute approximate surface area is 138 Å². The maximum absolute atomic E-state index is 10.5. The van der Waals surface area contributed by atoms with Crippen LogP contribution in [0.2, 0.25) is 5.02 Å². The summed E-state index contributed by atoms with van der Waals surface area (Å²) in [6.45, 7) is 4.69. The molecule has 118 valence electrons. The fraction of sp³-hybridized carbons (Fsp3) is 0.368. The third-order valence-electron chi connectivity index (χ3n) is 3.76. The molecular formula is C19H24ClNO. The first-order valence-corrected chi connectivity index (χ1v) is 8.26. The fourth-order valence-corrected chi connectivity index (χ4v) is 2.62. The lowest BCUT2D eigenvalue weighted by atomic mass is 10.1. The van der Waals surface area contributed by atoms with Crippen LogP contribution in [0.25, 0.3) is 0 Å². The van der Waals surface area contributed by atoms with Gasteiger partial charge in [0.1, 0.15) is 0 Å². The van der Waals surface area contributed by atoms with E-state index in [1.807, 2.05) is 30.3 Å². The number of aliphatic hydroxyl groups excluding tert-OH is 1. The maximum Gasteiger partial charge on any atom is 0.0917 e.